The van der Waals surface area contributed by atoms with Crippen LogP contribution >= 0.6 is 0 Å². The number of benzene rings is 1. The van der Waals surface area contributed by atoms with Crippen LogP contribution in [0.1, 0.15) is 26.3 Å². The fourth-order valence-corrected chi connectivity index (χ4v) is 2.46. The third kappa shape index (κ3) is 4.46. The molecule has 118 valence electrons. The van der Waals surface area contributed by atoms with Crippen molar-refractivity contribution >= 4 is 5.91 Å². The first-order valence-corrected chi connectivity index (χ1v) is 7.51. The molecule has 0 heterocycles. The molecule has 4 heteroatoms. The summed E-state index contributed by atoms with van der Waals surface area (Å²) in [5.41, 5.74) is 6.86. The second kappa shape index (κ2) is 8.03. The molecule has 1 amide bonds. The van der Waals surface area contributed by atoms with E-state index in [1.807, 2.05) is 50.1 Å². The number of ether oxygens (including phenoxy) is 1. The lowest BCUT2D eigenvalue weighted by Gasteiger charge is -2.30. The molecule has 4 nitrogen and oxygen atoms in total. The van der Waals surface area contributed by atoms with E-state index in [1.165, 1.54) is 0 Å². The molecule has 2 atom stereocenters. The van der Waals surface area contributed by atoms with E-state index in [0.29, 0.717) is 6.54 Å². The quantitative estimate of drug-likeness (QED) is 0.839. The Balaban J connectivity index is 2.78. The second-order valence-electron chi connectivity index (χ2n) is 5.90. The number of methoxy groups -OCH3 is 1. The van der Waals surface area contributed by atoms with Crippen molar-refractivity contribution in [1.29, 1.82) is 0 Å². The number of hydrogen-bond donors (Lipinski definition) is 1. The van der Waals surface area contributed by atoms with E-state index in [9.17, 15) is 4.79 Å². The zero-order valence-electron chi connectivity index (χ0n) is 13.8. The van der Waals surface area contributed by atoms with Gasteiger partial charge in [0.25, 0.3) is 0 Å². The molecular weight excluding hydrogens is 264 g/mol. The summed E-state index contributed by atoms with van der Waals surface area (Å²) >= 11 is 0. The first kappa shape index (κ1) is 17.5. The van der Waals surface area contributed by atoms with Crippen molar-refractivity contribution in [2.45, 2.75) is 33.2 Å². The van der Waals surface area contributed by atoms with Crippen molar-refractivity contribution in [3.05, 3.63) is 29.8 Å². The van der Waals surface area contributed by atoms with E-state index in [-0.39, 0.29) is 23.8 Å². The molecule has 0 fully saturated rings. The number of rotatable bonds is 7. The van der Waals surface area contributed by atoms with Crippen molar-refractivity contribution < 1.29 is 9.53 Å². The highest BCUT2D eigenvalue weighted by Gasteiger charge is 2.26. The summed E-state index contributed by atoms with van der Waals surface area (Å²) in [5, 5.41) is 0. The fraction of sp³-hybridized carbons (Fsp3) is 0.588. The van der Waals surface area contributed by atoms with Crippen LogP contribution in [-0.2, 0) is 11.2 Å². The van der Waals surface area contributed by atoms with E-state index < -0.39 is 0 Å². The Morgan fingerprint density at radius 3 is 2.43 bits per heavy atom. The maximum atomic E-state index is 12.5. The second-order valence-corrected chi connectivity index (χ2v) is 5.90. The zero-order chi connectivity index (χ0) is 16.0. The smallest absolute Gasteiger partial charge is 0.227 e. The normalized spacial score (nSPS) is 13.9. The molecule has 1 aromatic carbocycles. The Morgan fingerprint density at radius 2 is 1.90 bits per heavy atom. The summed E-state index contributed by atoms with van der Waals surface area (Å²) in [5.74, 6) is 1.12. The molecule has 1 aromatic rings. The van der Waals surface area contributed by atoms with Gasteiger partial charge in [-0.2, -0.15) is 0 Å². The lowest BCUT2D eigenvalue weighted by molar-refractivity contribution is -0.137. The highest BCUT2D eigenvalue weighted by molar-refractivity contribution is 5.79. The molecule has 0 spiro atoms. The molecule has 0 saturated carbocycles. The van der Waals surface area contributed by atoms with Crippen molar-refractivity contribution in [3.8, 4) is 5.75 Å². The third-order valence-electron chi connectivity index (χ3n) is 4.09. The average molecular weight is 292 g/mol. The van der Waals surface area contributed by atoms with Crippen molar-refractivity contribution in [3.63, 3.8) is 0 Å². The molecule has 0 radical (unpaired) electrons. The Hall–Kier alpha value is -1.55. The van der Waals surface area contributed by atoms with Crippen molar-refractivity contribution in [1.82, 2.24) is 4.90 Å². The maximum Gasteiger partial charge on any atom is 0.227 e. The van der Waals surface area contributed by atoms with Crippen LogP contribution in [0.25, 0.3) is 0 Å². The van der Waals surface area contributed by atoms with Gasteiger partial charge >= 0.3 is 0 Å². The van der Waals surface area contributed by atoms with Crippen LogP contribution in [0.3, 0.4) is 0 Å². The topological polar surface area (TPSA) is 55.6 Å². The number of nitrogens with two attached hydrogens (primary N) is 1. The lowest BCUT2D eigenvalue weighted by atomic mass is 9.93. The number of hydrogen-bond acceptors (Lipinski definition) is 3. The standard InChI is InChI=1S/C17H28N2O2/c1-12(2)15(11-18)17(20)19(4)13(3)10-14-8-6-7-9-16(14)21-5/h6-9,12-13,15H,10-11,18H2,1-5H3. The number of likely N-dealkylation sites (N-methyl/N-ethyl adjacent to an activating group) is 1. The Bertz CT molecular complexity index is 460. The molecule has 0 bridgehead atoms. The third-order valence-corrected chi connectivity index (χ3v) is 4.09. The predicted octanol–water partition coefficient (Wildman–Crippen LogP) is 2.32. The van der Waals surface area contributed by atoms with E-state index >= 15 is 0 Å². The average Bonchev–Trinajstić information content (AvgIpc) is 2.47. The molecule has 0 saturated heterocycles. The van der Waals surface area contributed by atoms with Crippen LogP contribution < -0.4 is 10.5 Å². The van der Waals surface area contributed by atoms with Gasteiger partial charge in [-0.05, 0) is 30.9 Å². The van der Waals surface area contributed by atoms with Gasteiger partial charge in [0.15, 0.2) is 0 Å². The Morgan fingerprint density at radius 1 is 1.29 bits per heavy atom. The van der Waals surface area contributed by atoms with Gasteiger partial charge in [0, 0.05) is 19.6 Å². The molecule has 21 heavy (non-hydrogen) atoms. The van der Waals surface area contributed by atoms with Crippen LogP contribution in [0.2, 0.25) is 0 Å². The highest BCUT2D eigenvalue weighted by atomic mass is 16.5. The SMILES string of the molecule is COc1ccccc1CC(C)N(C)C(=O)C(CN)C(C)C. The Kier molecular flexibility index (Phi) is 6.69. The maximum absolute atomic E-state index is 12.5. The molecular formula is C17H28N2O2. The Labute approximate surface area is 128 Å². The van der Waals surface area contributed by atoms with E-state index in [0.717, 1.165) is 17.7 Å². The van der Waals surface area contributed by atoms with Crippen LogP contribution in [0.4, 0.5) is 0 Å². The highest BCUT2D eigenvalue weighted by Crippen LogP contribution is 2.21. The minimum Gasteiger partial charge on any atom is -0.496 e. The van der Waals surface area contributed by atoms with Gasteiger partial charge in [0.05, 0.1) is 13.0 Å². The van der Waals surface area contributed by atoms with Gasteiger partial charge in [-0.15, -0.1) is 0 Å². The van der Waals surface area contributed by atoms with Crippen LogP contribution in [0.15, 0.2) is 24.3 Å². The van der Waals surface area contributed by atoms with Crippen LogP contribution in [-0.4, -0.2) is 37.6 Å². The summed E-state index contributed by atoms with van der Waals surface area (Å²) in [4.78, 5) is 14.3. The van der Waals surface area contributed by atoms with Gasteiger partial charge < -0.3 is 15.4 Å². The number of amides is 1. The number of nitrogens with zero attached hydrogens (tertiary/aromatic N) is 1. The van der Waals surface area contributed by atoms with E-state index in [1.54, 1.807) is 7.11 Å². The summed E-state index contributed by atoms with van der Waals surface area (Å²) in [6.45, 7) is 6.52. The summed E-state index contributed by atoms with van der Waals surface area (Å²) in [6.07, 6.45) is 0.766. The van der Waals surface area contributed by atoms with Crippen LogP contribution in [0, 0.1) is 11.8 Å². The first-order valence-electron chi connectivity index (χ1n) is 7.51. The summed E-state index contributed by atoms with van der Waals surface area (Å²) in [6, 6.07) is 8.02. The van der Waals surface area contributed by atoms with Gasteiger partial charge in [0.1, 0.15) is 5.75 Å². The van der Waals surface area contributed by atoms with E-state index in [2.05, 4.69) is 6.92 Å². The molecule has 2 N–H and O–H groups in total. The monoisotopic (exact) mass is 292 g/mol. The number of carbonyl (C=O) groups is 1. The van der Waals surface area contributed by atoms with E-state index in [4.69, 9.17) is 10.5 Å². The van der Waals surface area contributed by atoms with Crippen molar-refractivity contribution in [2.24, 2.45) is 17.6 Å². The van der Waals surface area contributed by atoms with Gasteiger partial charge in [-0.3, -0.25) is 4.79 Å². The summed E-state index contributed by atoms with van der Waals surface area (Å²) in [7, 11) is 3.52. The molecule has 2 unspecified atom stereocenters. The molecule has 0 aliphatic rings. The number of para-hydroxylation sites is 1. The lowest BCUT2D eigenvalue weighted by Crippen LogP contribution is -2.44. The van der Waals surface area contributed by atoms with Gasteiger partial charge in [0.2, 0.25) is 5.91 Å². The minimum absolute atomic E-state index is 0.0987. The molecule has 0 aliphatic heterocycles. The van der Waals surface area contributed by atoms with Gasteiger partial charge in [-0.1, -0.05) is 32.0 Å². The molecule has 0 aromatic heterocycles. The predicted molar refractivity (Wildman–Crippen MR) is 86.3 cm³/mol. The van der Waals surface area contributed by atoms with Crippen molar-refractivity contribution in [2.75, 3.05) is 20.7 Å². The molecule has 1 rings (SSSR count). The molecule has 0 aliphatic carbocycles. The first-order chi connectivity index (χ1) is 9.92. The fourth-order valence-electron chi connectivity index (χ4n) is 2.46. The number of carbonyl (C=O) groups excluding carboxylic acids is 1. The summed E-state index contributed by atoms with van der Waals surface area (Å²) < 4.78 is 5.37. The largest absolute Gasteiger partial charge is 0.496 e. The van der Waals surface area contributed by atoms with Gasteiger partial charge in [-0.25, -0.2) is 0 Å². The van der Waals surface area contributed by atoms with Crippen LogP contribution in [0.5, 0.6) is 5.75 Å². The zero-order valence-corrected chi connectivity index (χ0v) is 13.8. The minimum atomic E-state index is -0.116.